The second-order valence-electron chi connectivity index (χ2n) is 5.34. The second-order valence-corrected chi connectivity index (χ2v) is 5.34. The van der Waals surface area contributed by atoms with Crippen LogP contribution in [0.5, 0.6) is 0 Å². The van der Waals surface area contributed by atoms with Crippen LogP contribution in [0.25, 0.3) is 0 Å². The lowest BCUT2D eigenvalue weighted by atomic mass is 9.89. The molecule has 62 valence electrons. The van der Waals surface area contributed by atoms with Crippen molar-refractivity contribution < 1.29 is 0 Å². The number of hydrogen-bond acceptors (Lipinski definition) is 0. The molecule has 0 aromatic heterocycles. The van der Waals surface area contributed by atoms with Crippen LogP contribution >= 0.6 is 0 Å². The molecule has 0 aromatic carbocycles. The maximum Gasteiger partial charge on any atom is -0.0266 e. The van der Waals surface area contributed by atoms with Gasteiger partial charge in [-0.2, -0.15) is 0 Å². The van der Waals surface area contributed by atoms with Crippen molar-refractivity contribution >= 4 is 0 Å². The molecule has 3 saturated carbocycles. The standard InChI is InChI=1S/C11H18/c1-8-6-9-2-3-11(4-5-11)10(9)7-8/h8-10H,2-7H2,1H3/t8-,9?,10-/m1/s1. The van der Waals surface area contributed by atoms with E-state index < -0.39 is 0 Å². The van der Waals surface area contributed by atoms with Crippen LogP contribution in [-0.2, 0) is 0 Å². The van der Waals surface area contributed by atoms with Crippen LogP contribution in [0, 0.1) is 23.2 Å². The molecule has 11 heavy (non-hydrogen) atoms. The van der Waals surface area contributed by atoms with E-state index in [1.807, 2.05) is 0 Å². The van der Waals surface area contributed by atoms with E-state index in [1.54, 1.807) is 38.5 Å². The summed E-state index contributed by atoms with van der Waals surface area (Å²) in [5, 5.41) is 0. The molecule has 3 rings (SSSR count). The first kappa shape index (κ1) is 6.51. The largest absolute Gasteiger partial charge is 0.0625 e. The SMILES string of the molecule is C[C@@H]1CC2CCC3(CC3)[C@@H]2C1. The third-order valence-electron chi connectivity index (χ3n) is 4.62. The van der Waals surface area contributed by atoms with Gasteiger partial charge in [-0.25, -0.2) is 0 Å². The van der Waals surface area contributed by atoms with Crippen molar-refractivity contribution in [3.63, 3.8) is 0 Å². The quantitative estimate of drug-likeness (QED) is 0.497. The summed E-state index contributed by atoms with van der Waals surface area (Å²) in [6.45, 7) is 2.45. The van der Waals surface area contributed by atoms with Gasteiger partial charge in [-0.05, 0) is 61.7 Å². The Hall–Kier alpha value is 0. The molecule has 0 amide bonds. The summed E-state index contributed by atoms with van der Waals surface area (Å²) in [4.78, 5) is 0. The molecule has 0 bridgehead atoms. The van der Waals surface area contributed by atoms with E-state index in [2.05, 4.69) is 6.92 Å². The Morgan fingerprint density at radius 2 is 1.91 bits per heavy atom. The fourth-order valence-electron chi connectivity index (χ4n) is 3.91. The summed E-state index contributed by atoms with van der Waals surface area (Å²) in [5.74, 6) is 3.40. The van der Waals surface area contributed by atoms with Gasteiger partial charge >= 0.3 is 0 Å². The minimum Gasteiger partial charge on any atom is -0.0625 e. The Balaban J connectivity index is 1.85. The summed E-state index contributed by atoms with van der Waals surface area (Å²) in [6, 6.07) is 0. The highest BCUT2D eigenvalue weighted by atomic mass is 14.6. The molecule has 3 atom stereocenters. The summed E-state index contributed by atoms with van der Waals surface area (Å²) in [7, 11) is 0. The highest BCUT2D eigenvalue weighted by Gasteiger charge is 2.57. The predicted molar refractivity (Wildman–Crippen MR) is 46.3 cm³/mol. The van der Waals surface area contributed by atoms with Crippen LogP contribution in [0.2, 0.25) is 0 Å². The van der Waals surface area contributed by atoms with E-state index >= 15 is 0 Å². The molecular weight excluding hydrogens is 132 g/mol. The summed E-state index contributed by atoms with van der Waals surface area (Å²) >= 11 is 0. The van der Waals surface area contributed by atoms with Gasteiger partial charge in [0.25, 0.3) is 0 Å². The van der Waals surface area contributed by atoms with Gasteiger partial charge in [-0.1, -0.05) is 6.92 Å². The lowest BCUT2D eigenvalue weighted by molar-refractivity contribution is 0.326. The third-order valence-corrected chi connectivity index (χ3v) is 4.62. The van der Waals surface area contributed by atoms with Gasteiger partial charge in [0.1, 0.15) is 0 Å². The fourth-order valence-corrected chi connectivity index (χ4v) is 3.91. The average molecular weight is 150 g/mol. The van der Waals surface area contributed by atoms with Gasteiger partial charge in [0.05, 0.1) is 0 Å². The minimum atomic E-state index is 0.926. The van der Waals surface area contributed by atoms with Gasteiger partial charge in [0.2, 0.25) is 0 Å². The van der Waals surface area contributed by atoms with Crippen LogP contribution in [0.1, 0.15) is 45.4 Å². The van der Waals surface area contributed by atoms with Gasteiger partial charge in [0, 0.05) is 0 Å². The Kier molecular flexibility index (Phi) is 1.09. The van der Waals surface area contributed by atoms with Crippen molar-refractivity contribution in [3.8, 4) is 0 Å². The van der Waals surface area contributed by atoms with Crippen molar-refractivity contribution in [1.82, 2.24) is 0 Å². The first-order chi connectivity index (χ1) is 5.30. The Morgan fingerprint density at radius 3 is 2.64 bits per heavy atom. The summed E-state index contributed by atoms with van der Waals surface area (Å²) < 4.78 is 0. The van der Waals surface area contributed by atoms with Crippen LogP contribution < -0.4 is 0 Å². The second kappa shape index (κ2) is 1.84. The third kappa shape index (κ3) is 0.761. The predicted octanol–water partition coefficient (Wildman–Crippen LogP) is 3.22. The molecule has 0 aliphatic heterocycles. The lowest BCUT2D eigenvalue weighted by Crippen LogP contribution is -2.09. The normalized spacial score (nSPS) is 51.5. The average Bonchev–Trinajstić information content (AvgIpc) is 2.57. The molecule has 0 N–H and O–H groups in total. The van der Waals surface area contributed by atoms with Crippen molar-refractivity contribution in [1.29, 1.82) is 0 Å². The molecular formula is C11H18. The molecule has 1 spiro atoms. The number of fused-ring (bicyclic) bond motifs is 2. The highest BCUT2D eigenvalue weighted by Crippen LogP contribution is 2.68. The Labute approximate surface area is 69.4 Å². The molecule has 0 radical (unpaired) electrons. The van der Waals surface area contributed by atoms with Gasteiger partial charge < -0.3 is 0 Å². The number of hydrogen-bond donors (Lipinski definition) is 0. The monoisotopic (exact) mass is 150 g/mol. The first-order valence-corrected chi connectivity index (χ1v) is 5.30. The Bertz CT molecular complexity index is 178. The van der Waals surface area contributed by atoms with Gasteiger partial charge in [0.15, 0.2) is 0 Å². The van der Waals surface area contributed by atoms with E-state index in [0.29, 0.717) is 0 Å². The minimum absolute atomic E-state index is 0.926. The van der Waals surface area contributed by atoms with E-state index in [-0.39, 0.29) is 0 Å². The molecule has 3 aliphatic carbocycles. The zero-order chi connectivity index (χ0) is 7.47. The zero-order valence-corrected chi connectivity index (χ0v) is 7.47. The molecule has 0 saturated heterocycles. The van der Waals surface area contributed by atoms with Crippen molar-refractivity contribution in [2.45, 2.75) is 45.4 Å². The molecule has 0 heteroatoms. The summed E-state index contributed by atoms with van der Waals surface area (Å²) in [5.41, 5.74) is 0.926. The van der Waals surface area contributed by atoms with Gasteiger partial charge in [-0.3, -0.25) is 0 Å². The van der Waals surface area contributed by atoms with Gasteiger partial charge in [-0.15, -0.1) is 0 Å². The Morgan fingerprint density at radius 1 is 1.09 bits per heavy atom. The molecule has 0 heterocycles. The molecule has 1 unspecified atom stereocenters. The maximum atomic E-state index is 2.45. The van der Waals surface area contributed by atoms with Crippen molar-refractivity contribution in [2.75, 3.05) is 0 Å². The molecule has 3 fully saturated rings. The first-order valence-electron chi connectivity index (χ1n) is 5.30. The van der Waals surface area contributed by atoms with E-state index in [1.165, 1.54) is 5.92 Å². The lowest BCUT2D eigenvalue weighted by Gasteiger charge is -2.16. The smallest absolute Gasteiger partial charge is 0.0266 e. The van der Waals surface area contributed by atoms with Crippen LogP contribution in [0.3, 0.4) is 0 Å². The topological polar surface area (TPSA) is 0 Å². The molecule has 0 nitrogen and oxygen atoms in total. The molecule has 0 aromatic rings. The zero-order valence-electron chi connectivity index (χ0n) is 7.47. The van der Waals surface area contributed by atoms with E-state index in [9.17, 15) is 0 Å². The maximum absolute atomic E-state index is 2.45. The fraction of sp³-hybridized carbons (Fsp3) is 1.00. The van der Waals surface area contributed by atoms with Crippen LogP contribution in [-0.4, -0.2) is 0 Å². The summed E-state index contributed by atoms with van der Waals surface area (Å²) in [6.07, 6.45) is 9.48. The van der Waals surface area contributed by atoms with Crippen molar-refractivity contribution in [3.05, 3.63) is 0 Å². The van der Waals surface area contributed by atoms with Crippen LogP contribution in [0.15, 0.2) is 0 Å². The number of rotatable bonds is 0. The van der Waals surface area contributed by atoms with E-state index in [4.69, 9.17) is 0 Å². The van der Waals surface area contributed by atoms with E-state index in [0.717, 1.165) is 17.3 Å². The van der Waals surface area contributed by atoms with Crippen molar-refractivity contribution in [2.24, 2.45) is 23.2 Å². The highest BCUT2D eigenvalue weighted by molar-refractivity contribution is 5.07. The van der Waals surface area contributed by atoms with Crippen LogP contribution in [0.4, 0.5) is 0 Å². The molecule has 3 aliphatic rings.